The highest BCUT2D eigenvalue weighted by Gasteiger charge is 2.29. The van der Waals surface area contributed by atoms with Crippen LogP contribution in [0, 0.1) is 0 Å². The van der Waals surface area contributed by atoms with Gasteiger partial charge in [-0.05, 0) is 34.4 Å². The fourth-order valence-corrected chi connectivity index (χ4v) is 11.3. The van der Waals surface area contributed by atoms with E-state index < -0.39 is 7.14 Å². The summed E-state index contributed by atoms with van der Waals surface area (Å²) in [6, 6.07) is 79.7. The molecule has 2 aromatic heterocycles. The maximum Gasteiger partial charge on any atom is 0.171 e. The summed E-state index contributed by atoms with van der Waals surface area (Å²) in [6.45, 7) is 0. The molecule has 0 N–H and O–H groups in total. The van der Waals surface area contributed by atoms with E-state index in [2.05, 4.69) is 109 Å². The van der Waals surface area contributed by atoms with Gasteiger partial charge < -0.3 is 4.57 Å². The first kappa shape index (κ1) is 38.8. The maximum atomic E-state index is 15.1. The number of hydrogen-bond donors (Lipinski definition) is 0. The normalized spacial score (nSPS) is 11.5. The van der Waals surface area contributed by atoms with Gasteiger partial charge in [-0.25, -0.2) is 19.9 Å². The Morgan fingerprint density at radius 1 is 0.297 bits per heavy atom. The minimum Gasteiger partial charge on any atom is -0.309 e. The molecule has 5 nitrogen and oxygen atoms in total. The molecular weight excluding hydrogens is 800 g/mol. The van der Waals surface area contributed by atoms with Crippen molar-refractivity contribution in [1.82, 2.24) is 19.9 Å². The molecule has 6 heteroatoms. The topological polar surface area (TPSA) is 68.6 Å². The first-order valence-electron chi connectivity index (χ1n) is 21.3. The third-order valence-corrected chi connectivity index (χ3v) is 14.9. The lowest BCUT2D eigenvalue weighted by Crippen LogP contribution is -2.24. The van der Waals surface area contributed by atoms with E-state index >= 15 is 4.57 Å². The third kappa shape index (κ3) is 7.18. The van der Waals surface area contributed by atoms with Crippen molar-refractivity contribution in [2.24, 2.45) is 0 Å². The van der Waals surface area contributed by atoms with Crippen molar-refractivity contribution < 1.29 is 4.57 Å². The molecule has 11 rings (SSSR count). The molecule has 0 saturated heterocycles. The summed E-state index contributed by atoms with van der Waals surface area (Å²) < 4.78 is 15.1. The summed E-state index contributed by atoms with van der Waals surface area (Å²) in [5.41, 5.74) is 9.87. The van der Waals surface area contributed by atoms with Crippen LogP contribution in [0.4, 0.5) is 0 Å². The van der Waals surface area contributed by atoms with Crippen LogP contribution in [0.2, 0.25) is 0 Å². The van der Waals surface area contributed by atoms with Gasteiger partial charge in [0.2, 0.25) is 0 Å². The number of hydrogen-bond acceptors (Lipinski definition) is 5. The maximum absolute atomic E-state index is 15.1. The Hall–Kier alpha value is -8.11. The van der Waals surface area contributed by atoms with Gasteiger partial charge in [-0.15, -0.1) is 0 Å². The molecule has 0 fully saturated rings. The van der Waals surface area contributed by atoms with Gasteiger partial charge >= 0.3 is 0 Å². The number of rotatable bonds is 9. The lowest BCUT2D eigenvalue weighted by molar-refractivity contribution is 0.592. The molecule has 64 heavy (non-hydrogen) atoms. The fraction of sp³-hybridized carbons (Fsp3) is 0. The smallest absolute Gasteiger partial charge is 0.171 e. The van der Waals surface area contributed by atoms with Crippen molar-refractivity contribution in [2.45, 2.75) is 0 Å². The Kier molecular flexibility index (Phi) is 10.1. The summed E-state index contributed by atoms with van der Waals surface area (Å²) in [5.74, 6) is 1.65. The van der Waals surface area contributed by atoms with Crippen molar-refractivity contribution in [1.29, 1.82) is 0 Å². The highest BCUT2D eigenvalue weighted by Crippen LogP contribution is 2.43. The van der Waals surface area contributed by atoms with E-state index in [0.717, 1.165) is 71.3 Å². The molecule has 0 unspecified atom stereocenters. The van der Waals surface area contributed by atoms with Gasteiger partial charge in [-0.1, -0.05) is 224 Å². The first-order valence-corrected chi connectivity index (χ1v) is 23.0. The molecule has 11 aromatic rings. The van der Waals surface area contributed by atoms with Gasteiger partial charge in [0.25, 0.3) is 0 Å². The SMILES string of the molecule is O=P(c1ccccc1)(c1ccccc1)c1ccc(-c2nc(-c3ccccc3)nc(-c3cccc(-c4ccc5c(c4)nc(-c4ccccc4)c4cccc(-c6ccccc6)c45)c3)n2)cc1. The van der Waals surface area contributed by atoms with E-state index in [0.29, 0.717) is 17.5 Å². The van der Waals surface area contributed by atoms with E-state index in [4.69, 9.17) is 19.9 Å². The van der Waals surface area contributed by atoms with E-state index in [-0.39, 0.29) is 0 Å². The molecule has 9 aromatic carbocycles. The molecule has 0 aliphatic rings. The Balaban J connectivity index is 1.02. The van der Waals surface area contributed by atoms with Crippen LogP contribution in [-0.4, -0.2) is 19.9 Å². The highest BCUT2D eigenvalue weighted by molar-refractivity contribution is 7.85. The number of aromatic nitrogens is 4. The zero-order chi connectivity index (χ0) is 42.9. The van der Waals surface area contributed by atoms with Crippen LogP contribution < -0.4 is 15.9 Å². The Morgan fingerprint density at radius 3 is 1.34 bits per heavy atom. The summed E-state index contributed by atoms with van der Waals surface area (Å²) in [5, 5.41) is 5.70. The van der Waals surface area contributed by atoms with Crippen LogP contribution in [0.15, 0.2) is 237 Å². The van der Waals surface area contributed by atoms with Crippen LogP contribution in [0.1, 0.15) is 0 Å². The van der Waals surface area contributed by atoms with Crippen LogP contribution in [0.25, 0.3) is 89.4 Å². The average molecular weight is 839 g/mol. The van der Waals surface area contributed by atoms with Gasteiger partial charge in [0.1, 0.15) is 0 Å². The monoisotopic (exact) mass is 838 g/mol. The predicted molar refractivity (Wildman–Crippen MR) is 265 cm³/mol. The predicted octanol–water partition coefficient (Wildman–Crippen LogP) is 13.2. The lowest BCUT2D eigenvalue weighted by atomic mass is 9.92. The van der Waals surface area contributed by atoms with Crippen LogP contribution in [0.5, 0.6) is 0 Å². The standard InChI is InChI=1S/C58H39N4OP/c63-64(47-26-12-4-13-27-47,48-28-14-5-15-29-48)49-35-32-43(33-36-49)57-60-56(42-22-10-3-11-23-42)61-58(62-57)46-25-16-24-44(38-46)45-34-37-51-53(39-45)59-55(41-20-8-2-9-21-41)52-31-17-30-50(54(51)52)40-18-6-1-7-19-40/h1-39H. The average Bonchev–Trinajstić information content (AvgIpc) is 3.39. The molecule has 0 saturated carbocycles. The molecule has 0 bridgehead atoms. The van der Waals surface area contributed by atoms with Crippen molar-refractivity contribution >= 4 is 44.7 Å². The molecule has 302 valence electrons. The van der Waals surface area contributed by atoms with Crippen molar-refractivity contribution in [2.75, 3.05) is 0 Å². The number of fused-ring (bicyclic) bond motifs is 3. The first-order chi connectivity index (χ1) is 31.6. The van der Waals surface area contributed by atoms with Crippen LogP contribution in [-0.2, 0) is 4.57 Å². The number of nitrogens with zero attached hydrogens (tertiary/aromatic N) is 4. The summed E-state index contributed by atoms with van der Waals surface area (Å²) in [6.07, 6.45) is 0. The summed E-state index contributed by atoms with van der Waals surface area (Å²) in [4.78, 5) is 20.5. The second-order valence-corrected chi connectivity index (χ2v) is 18.5. The second-order valence-electron chi connectivity index (χ2n) is 15.7. The van der Waals surface area contributed by atoms with Gasteiger partial charge in [-0.3, -0.25) is 0 Å². The minimum absolute atomic E-state index is 0.527. The highest BCUT2D eigenvalue weighted by atomic mass is 31.2. The van der Waals surface area contributed by atoms with Crippen LogP contribution in [0.3, 0.4) is 0 Å². The molecule has 0 aliphatic heterocycles. The zero-order valence-corrected chi connectivity index (χ0v) is 35.6. The third-order valence-electron chi connectivity index (χ3n) is 11.8. The van der Waals surface area contributed by atoms with Crippen molar-refractivity contribution in [3.8, 4) is 67.7 Å². The van der Waals surface area contributed by atoms with Crippen molar-refractivity contribution in [3.63, 3.8) is 0 Å². The van der Waals surface area contributed by atoms with E-state index in [1.807, 2.05) is 127 Å². The molecule has 2 heterocycles. The Bertz CT molecular complexity index is 3450. The van der Waals surface area contributed by atoms with E-state index in [9.17, 15) is 0 Å². The van der Waals surface area contributed by atoms with Crippen molar-refractivity contribution in [3.05, 3.63) is 237 Å². The summed E-state index contributed by atoms with van der Waals surface area (Å²) >= 11 is 0. The van der Waals surface area contributed by atoms with E-state index in [1.54, 1.807) is 0 Å². The van der Waals surface area contributed by atoms with E-state index in [1.165, 1.54) is 16.5 Å². The Morgan fingerprint density at radius 2 is 0.734 bits per heavy atom. The zero-order valence-electron chi connectivity index (χ0n) is 34.7. The minimum atomic E-state index is -3.16. The molecule has 0 aliphatic carbocycles. The summed E-state index contributed by atoms with van der Waals surface area (Å²) in [7, 11) is -3.16. The molecule has 0 spiro atoms. The molecule has 0 atom stereocenters. The molecular formula is C58H39N4OP. The fourth-order valence-electron chi connectivity index (χ4n) is 8.64. The van der Waals surface area contributed by atoms with Gasteiger partial charge in [-0.2, -0.15) is 0 Å². The van der Waals surface area contributed by atoms with Crippen LogP contribution >= 0.6 is 7.14 Å². The largest absolute Gasteiger partial charge is 0.309 e. The van der Waals surface area contributed by atoms with Gasteiger partial charge in [0, 0.05) is 54.3 Å². The molecule has 0 amide bonds. The van der Waals surface area contributed by atoms with Gasteiger partial charge in [0.05, 0.1) is 11.2 Å². The lowest BCUT2D eigenvalue weighted by Gasteiger charge is -2.20. The number of benzene rings is 9. The number of pyridine rings is 1. The quantitative estimate of drug-likeness (QED) is 0.107. The second kappa shape index (κ2) is 16.6. The van der Waals surface area contributed by atoms with Gasteiger partial charge in [0.15, 0.2) is 24.6 Å². The molecule has 0 radical (unpaired) electrons. The Labute approximate surface area is 371 Å².